The van der Waals surface area contributed by atoms with Crippen LogP contribution in [-0.2, 0) is 4.79 Å². The lowest BCUT2D eigenvalue weighted by molar-refractivity contribution is -0.123. The number of carbonyl (C=O) groups excluding carboxylic acids is 1. The molecular weight excluding hydrogens is 270 g/mol. The quantitative estimate of drug-likeness (QED) is 0.731. The topological polar surface area (TPSA) is 67.8 Å². The lowest BCUT2D eigenvalue weighted by atomic mass is 9.88. The van der Waals surface area contributed by atoms with Gasteiger partial charge < -0.3 is 19.9 Å². The van der Waals surface area contributed by atoms with Crippen molar-refractivity contribution in [2.45, 2.75) is 26.7 Å². The molecule has 0 radical (unpaired) electrons. The van der Waals surface area contributed by atoms with Crippen LogP contribution in [0.25, 0.3) is 0 Å². The molecule has 0 aliphatic heterocycles. The Kier molecular flexibility index (Phi) is 7.02. The van der Waals surface area contributed by atoms with Crippen LogP contribution in [0, 0.1) is 5.41 Å². The van der Waals surface area contributed by atoms with E-state index in [9.17, 15) is 4.79 Å². The fraction of sp³-hybridized carbons (Fsp3) is 0.562. The molecule has 1 amide bonds. The molecule has 0 fully saturated rings. The van der Waals surface area contributed by atoms with E-state index in [2.05, 4.69) is 19.2 Å². The SMILES string of the molecule is COc1ccccc1OCC(=O)NCC(C)(C)CCCO. The Hall–Kier alpha value is -1.75. The third-order valence-electron chi connectivity index (χ3n) is 3.20. The average molecular weight is 295 g/mol. The zero-order chi connectivity index (χ0) is 15.7. The van der Waals surface area contributed by atoms with Crippen LogP contribution in [0.15, 0.2) is 24.3 Å². The van der Waals surface area contributed by atoms with Crippen molar-refractivity contribution in [2.24, 2.45) is 5.41 Å². The number of para-hydroxylation sites is 2. The highest BCUT2D eigenvalue weighted by Crippen LogP contribution is 2.25. The van der Waals surface area contributed by atoms with Crippen LogP contribution in [0.3, 0.4) is 0 Å². The van der Waals surface area contributed by atoms with Crippen molar-refractivity contribution in [3.8, 4) is 11.5 Å². The Labute approximate surface area is 126 Å². The number of methoxy groups -OCH3 is 1. The van der Waals surface area contributed by atoms with Gasteiger partial charge in [0.2, 0.25) is 0 Å². The molecule has 0 aliphatic carbocycles. The van der Waals surface area contributed by atoms with Crippen LogP contribution in [0.2, 0.25) is 0 Å². The molecule has 1 aromatic rings. The second-order valence-electron chi connectivity index (χ2n) is 5.71. The molecular formula is C16H25NO4. The molecule has 2 N–H and O–H groups in total. The van der Waals surface area contributed by atoms with Gasteiger partial charge in [-0.25, -0.2) is 0 Å². The molecule has 0 saturated heterocycles. The van der Waals surface area contributed by atoms with Crippen molar-refractivity contribution < 1.29 is 19.4 Å². The highest BCUT2D eigenvalue weighted by molar-refractivity contribution is 5.77. The molecule has 1 aromatic carbocycles. The average Bonchev–Trinajstić information content (AvgIpc) is 2.49. The molecule has 0 bridgehead atoms. The molecule has 118 valence electrons. The summed E-state index contributed by atoms with van der Waals surface area (Å²) in [5, 5.41) is 11.7. The van der Waals surface area contributed by atoms with Crippen LogP contribution >= 0.6 is 0 Å². The minimum absolute atomic E-state index is 0.0389. The van der Waals surface area contributed by atoms with Gasteiger partial charge in [-0.2, -0.15) is 0 Å². The third-order valence-corrected chi connectivity index (χ3v) is 3.20. The first-order valence-electron chi connectivity index (χ1n) is 7.12. The second kappa shape index (κ2) is 8.52. The van der Waals surface area contributed by atoms with Gasteiger partial charge in [0.25, 0.3) is 5.91 Å². The summed E-state index contributed by atoms with van der Waals surface area (Å²) >= 11 is 0. The van der Waals surface area contributed by atoms with Gasteiger partial charge in [-0.3, -0.25) is 4.79 Å². The zero-order valence-electron chi connectivity index (χ0n) is 13.0. The van der Waals surface area contributed by atoms with Crippen molar-refractivity contribution in [2.75, 3.05) is 26.9 Å². The first-order chi connectivity index (χ1) is 9.98. The normalized spacial score (nSPS) is 11.0. The number of hydrogen-bond acceptors (Lipinski definition) is 4. The second-order valence-corrected chi connectivity index (χ2v) is 5.71. The molecule has 5 heteroatoms. The number of benzene rings is 1. The van der Waals surface area contributed by atoms with Crippen molar-refractivity contribution in [3.05, 3.63) is 24.3 Å². The monoisotopic (exact) mass is 295 g/mol. The molecule has 1 rings (SSSR count). The van der Waals surface area contributed by atoms with E-state index < -0.39 is 0 Å². The number of aliphatic hydroxyl groups excluding tert-OH is 1. The molecule has 21 heavy (non-hydrogen) atoms. The Morgan fingerprint density at radius 1 is 1.29 bits per heavy atom. The minimum Gasteiger partial charge on any atom is -0.493 e. The molecule has 0 aromatic heterocycles. The number of hydrogen-bond donors (Lipinski definition) is 2. The van der Waals surface area contributed by atoms with E-state index in [1.807, 2.05) is 12.1 Å². The van der Waals surface area contributed by atoms with E-state index in [1.54, 1.807) is 19.2 Å². The van der Waals surface area contributed by atoms with Crippen LogP contribution in [0.5, 0.6) is 11.5 Å². The molecule has 0 spiro atoms. The molecule has 0 atom stereocenters. The fourth-order valence-electron chi connectivity index (χ4n) is 1.92. The van der Waals surface area contributed by atoms with Crippen LogP contribution in [-0.4, -0.2) is 37.9 Å². The maximum Gasteiger partial charge on any atom is 0.257 e. The van der Waals surface area contributed by atoms with Crippen molar-refractivity contribution in [1.82, 2.24) is 5.32 Å². The van der Waals surface area contributed by atoms with Gasteiger partial charge in [0.05, 0.1) is 7.11 Å². The Bertz CT molecular complexity index is 446. The maximum absolute atomic E-state index is 11.8. The van der Waals surface area contributed by atoms with Crippen LogP contribution in [0.4, 0.5) is 0 Å². The summed E-state index contributed by atoms with van der Waals surface area (Å²) in [5.74, 6) is 0.987. The molecule has 0 saturated carbocycles. The van der Waals surface area contributed by atoms with Gasteiger partial charge in [0.15, 0.2) is 18.1 Å². The number of aliphatic hydroxyl groups is 1. The van der Waals surface area contributed by atoms with Gasteiger partial charge in [-0.05, 0) is 30.4 Å². The summed E-state index contributed by atoms with van der Waals surface area (Å²) < 4.78 is 10.6. The third kappa shape index (κ3) is 6.49. The summed E-state index contributed by atoms with van der Waals surface area (Å²) in [6.45, 7) is 4.81. The predicted molar refractivity (Wildman–Crippen MR) is 81.6 cm³/mol. The molecule has 0 heterocycles. The number of ether oxygens (including phenoxy) is 2. The fourth-order valence-corrected chi connectivity index (χ4v) is 1.92. The van der Waals surface area contributed by atoms with Gasteiger partial charge in [0.1, 0.15) is 0 Å². The van der Waals surface area contributed by atoms with Gasteiger partial charge in [-0.1, -0.05) is 26.0 Å². The lowest BCUT2D eigenvalue weighted by Crippen LogP contribution is -2.36. The highest BCUT2D eigenvalue weighted by atomic mass is 16.5. The van der Waals surface area contributed by atoms with E-state index in [0.29, 0.717) is 18.0 Å². The largest absolute Gasteiger partial charge is 0.493 e. The number of amides is 1. The summed E-state index contributed by atoms with van der Waals surface area (Å²) in [6, 6.07) is 7.21. The Balaban J connectivity index is 2.37. The van der Waals surface area contributed by atoms with E-state index in [4.69, 9.17) is 14.6 Å². The molecule has 0 aliphatic rings. The van der Waals surface area contributed by atoms with Crippen LogP contribution < -0.4 is 14.8 Å². The Morgan fingerprint density at radius 2 is 1.95 bits per heavy atom. The summed E-state index contributed by atoms with van der Waals surface area (Å²) in [5.41, 5.74) is -0.0389. The van der Waals surface area contributed by atoms with Crippen molar-refractivity contribution in [3.63, 3.8) is 0 Å². The van der Waals surface area contributed by atoms with Gasteiger partial charge >= 0.3 is 0 Å². The minimum atomic E-state index is -0.169. The van der Waals surface area contributed by atoms with E-state index in [-0.39, 0.29) is 24.5 Å². The first-order valence-corrected chi connectivity index (χ1v) is 7.12. The smallest absolute Gasteiger partial charge is 0.257 e. The first kappa shape index (κ1) is 17.3. The van der Waals surface area contributed by atoms with E-state index >= 15 is 0 Å². The van der Waals surface area contributed by atoms with Gasteiger partial charge in [0, 0.05) is 13.2 Å². The standard InChI is InChI=1S/C16H25NO4/c1-16(2,9-6-10-18)12-17-15(19)11-21-14-8-5-4-7-13(14)20-3/h4-5,7-8,18H,6,9-12H2,1-3H3,(H,17,19). The lowest BCUT2D eigenvalue weighted by Gasteiger charge is -2.24. The number of nitrogens with one attached hydrogen (secondary N) is 1. The van der Waals surface area contributed by atoms with Crippen LogP contribution in [0.1, 0.15) is 26.7 Å². The summed E-state index contributed by atoms with van der Waals surface area (Å²) in [4.78, 5) is 11.8. The number of carbonyl (C=O) groups is 1. The molecule has 5 nitrogen and oxygen atoms in total. The van der Waals surface area contributed by atoms with Crippen molar-refractivity contribution in [1.29, 1.82) is 0 Å². The molecule has 0 unspecified atom stereocenters. The Morgan fingerprint density at radius 3 is 2.57 bits per heavy atom. The maximum atomic E-state index is 11.8. The predicted octanol–water partition coefficient (Wildman–Crippen LogP) is 1.99. The van der Waals surface area contributed by atoms with E-state index in [0.717, 1.165) is 12.8 Å². The number of rotatable bonds is 9. The van der Waals surface area contributed by atoms with Crippen molar-refractivity contribution >= 4 is 5.91 Å². The summed E-state index contributed by atoms with van der Waals surface area (Å²) in [7, 11) is 1.56. The van der Waals surface area contributed by atoms with E-state index in [1.165, 1.54) is 0 Å². The van der Waals surface area contributed by atoms with Gasteiger partial charge in [-0.15, -0.1) is 0 Å². The zero-order valence-corrected chi connectivity index (χ0v) is 13.0. The summed E-state index contributed by atoms with van der Waals surface area (Å²) in [6.07, 6.45) is 1.59. The highest BCUT2D eigenvalue weighted by Gasteiger charge is 2.18.